The van der Waals surface area contributed by atoms with Crippen LogP contribution in [0.4, 0.5) is 5.13 Å². The fraction of sp³-hybridized carbons (Fsp3) is 0.100. The number of para-hydroxylation sites is 1. The zero-order valence-corrected chi connectivity index (χ0v) is 16.5. The molecule has 1 amide bonds. The molecule has 4 aromatic rings. The van der Waals surface area contributed by atoms with Crippen molar-refractivity contribution >= 4 is 22.4 Å². The first-order valence-corrected chi connectivity index (χ1v) is 9.83. The van der Waals surface area contributed by atoms with E-state index in [1.165, 1.54) is 28.2 Å². The summed E-state index contributed by atoms with van der Waals surface area (Å²) in [4.78, 5) is 28.8. The number of carbonyl (C=O) groups excluding carboxylic acids is 1. The van der Waals surface area contributed by atoms with Crippen molar-refractivity contribution in [2.45, 2.75) is 6.54 Å². The van der Waals surface area contributed by atoms with Crippen LogP contribution in [-0.4, -0.2) is 37.5 Å². The molecule has 0 aliphatic heterocycles. The first-order valence-electron chi connectivity index (χ1n) is 9.01. The predicted molar refractivity (Wildman–Crippen MR) is 112 cm³/mol. The maximum absolute atomic E-state index is 12.5. The van der Waals surface area contributed by atoms with E-state index in [-0.39, 0.29) is 24.4 Å². The summed E-state index contributed by atoms with van der Waals surface area (Å²) in [5, 5.41) is 15.7. The maximum Gasteiger partial charge on any atom is 0.277 e. The van der Waals surface area contributed by atoms with Gasteiger partial charge in [-0.05, 0) is 30.3 Å². The Balaban J connectivity index is 1.41. The number of anilines is 1. The number of aromatic nitrogens is 5. The van der Waals surface area contributed by atoms with Crippen LogP contribution < -0.4 is 15.6 Å². The highest BCUT2D eigenvalue weighted by atomic mass is 32.1. The Morgan fingerprint density at radius 2 is 1.87 bits per heavy atom. The van der Waals surface area contributed by atoms with Gasteiger partial charge < -0.3 is 4.74 Å². The van der Waals surface area contributed by atoms with Crippen LogP contribution in [0.15, 0.2) is 71.7 Å². The molecule has 0 saturated heterocycles. The van der Waals surface area contributed by atoms with Crippen molar-refractivity contribution in [2.75, 3.05) is 11.9 Å². The first-order chi connectivity index (χ1) is 14.7. The number of rotatable bonds is 7. The van der Waals surface area contributed by atoms with Crippen LogP contribution in [0.1, 0.15) is 10.5 Å². The zero-order valence-electron chi connectivity index (χ0n) is 15.6. The summed E-state index contributed by atoms with van der Waals surface area (Å²) in [5.41, 5.74) is 0.432. The molecular formula is C20H16N6O3S. The SMILES string of the molecule is O=C(Nc1nnc(-c2ccccn2)s1)c1ccc(=O)n(CCOc2ccccc2)n1. The van der Waals surface area contributed by atoms with Gasteiger partial charge in [-0.3, -0.25) is 19.9 Å². The van der Waals surface area contributed by atoms with Crippen LogP contribution in [0.5, 0.6) is 5.75 Å². The van der Waals surface area contributed by atoms with E-state index in [9.17, 15) is 9.59 Å². The largest absolute Gasteiger partial charge is 0.492 e. The molecule has 30 heavy (non-hydrogen) atoms. The minimum atomic E-state index is -0.489. The van der Waals surface area contributed by atoms with Gasteiger partial charge in [-0.1, -0.05) is 35.6 Å². The molecule has 0 aliphatic rings. The van der Waals surface area contributed by atoms with Gasteiger partial charge >= 0.3 is 0 Å². The van der Waals surface area contributed by atoms with Crippen LogP contribution in [0.3, 0.4) is 0 Å². The molecule has 0 bridgehead atoms. The Hall–Kier alpha value is -3.92. The molecule has 0 aliphatic carbocycles. The molecule has 0 unspecified atom stereocenters. The molecular weight excluding hydrogens is 404 g/mol. The number of pyridine rings is 1. The second-order valence-electron chi connectivity index (χ2n) is 6.02. The lowest BCUT2D eigenvalue weighted by molar-refractivity contribution is 0.101. The number of nitrogens with zero attached hydrogens (tertiary/aromatic N) is 5. The van der Waals surface area contributed by atoms with E-state index in [2.05, 4.69) is 25.6 Å². The van der Waals surface area contributed by atoms with E-state index >= 15 is 0 Å². The Morgan fingerprint density at radius 3 is 2.67 bits per heavy atom. The van der Waals surface area contributed by atoms with Crippen molar-refractivity contribution in [3.8, 4) is 16.5 Å². The molecule has 0 radical (unpaired) electrons. The highest BCUT2D eigenvalue weighted by Gasteiger charge is 2.14. The molecule has 1 N–H and O–H groups in total. The minimum Gasteiger partial charge on any atom is -0.492 e. The number of hydrogen-bond acceptors (Lipinski definition) is 8. The van der Waals surface area contributed by atoms with Crippen molar-refractivity contribution in [2.24, 2.45) is 0 Å². The van der Waals surface area contributed by atoms with Gasteiger partial charge in [0.05, 0.1) is 6.54 Å². The van der Waals surface area contributed by atoms with Gasteiger partial charge in [0.1, 0.15) is 23.7 Å². The molecule has 1 aromatic carbocycles. The van der Waals surface area contributed by atoms with Crippen LogP contribution in [0, 0.1) is 0 Å². The average molecular weight is 420 g/mol. The summed E-state index contributed by atoms with van der Waals surface area (Å²) in [6.07, 6.45) is 1.66. The van der Waals surface area contributed by atoms with E-state index in [1.807, 2.05) is 36.4 Å². The molecule has 0 saturated carbocycles. The number of benzene rings is 1. The summed E-state index contributed by atoms with van der Waals surface area (Å²) in [6, 6.07) is 17.4. The van der Waals surface area contributed by atoms with Gasteiger partial charge in [-0.2, -0.15) is 5.10 Å². The third-order valence-corrected chi connectivity index (χ3v) is 4.80. The Kier molecular flexibility index (Phi) is 5.85. The Bertz CT molecular complexity index is 1190. The smallest absolute Gasteiger partial charge is 0.277 e. The van der Waals surface area contributed by atoms with Gasteiger partial charge in [-0.25, -0.2) is 4.68 Å². The van der Waals surface area contributed by atoms with Gasteiger partial charge in [-0.15, -0.1) is 10.2 Å². The zero-order chi connectivity index (χ0) is 20.8. The van der Waals surface area contributed by atoms with E-state index in [0.29, 0.717) is 21.6 Å². The molecule has 3 heterocycles. The van der Waals surface area contributed by atoms with E-state index in [1.54, 1.807) is 18.3 Å². The monoisotopic (exact) mass is 420 g/mol. The van der Waals surface area contributed by atoms with E-state index in [0.717, 1.165) is 0 Å². The van der Waals surface area contributed by atoms with Crippen molar-refractivity contribution in [3.05, 3.63) is 82.9 Å². The Morgan fingerprint density at radius 1 is 1.03 bits per heavy atom. The fourth-order valence-corrected chi connectivity index (χ4v) is 3.24. The number of ether oxygens (including phenoxy) is 1. The molecule has 150 valence electrons. The summed E-state index contributed by atoms with van der Waals surface area (Å²) in [7, 11) is 0. The molecule has 3 aromatic heterocycles. The van der Waals surface area contributed by atoms with Gasteiger partial charge in [0.25, 0.3) is 11.5 Å². The van der Waals surface area contributed by atoms with Crippen molar-refractivity contribution in [3.63, 3.8) is 0 Å². The molecule has 0 spiro atoms. The van der Waals surface area contributed by atoms with Crippen molar-refractivity contribution < 1.29 is 9.53 Å². The molecule has 9 nitrogen and oxygen atoms in total. The summed E-state index contributed by atoms with van der Waals surface area (Å²) in [6.45, 7) is 0.448. The van der Waals surface area contributed by atoms with Crippen molar-refractivity contribution in [1.82, 2.24) is 25.0 Å². The second kappa shape index (κ2) is 9.05. The van der Waals surface area contributed by atoms with Crippen LogP contribution >= 0.6 is 11.3 Å². The lowest BCUT2D eigenvalue weighted by Gasteiger charge is -2.08. The number of amides is 1. The average Bonchev–Trinajstić information content (AvgIpc) is 3.25. The highest BCUT2D eigenvalue weighted by Crippen LogP contribution is 2.24. The molecule has 0 fully saturated rings. The van der Waals surface area contributed by atoms with Gasteiger partial charge in [0.2, 0.25) is 5.13 Å². The highest BCUT2D eigenvalue weighted by molar-refractivity contribution is 7.18. The molecule has 4 rings (SSSR count). The quantitative estimate of drug-likeness (QED) is 0.489. The van der Waals surface area contributed by atoms with Gasteiger partial charge in [0.15, 0.2) is 5.01 Å². The van der Waals surface area contributed by atoms with E-state index in [4.69, 9.17) is 4.74 Å². The third kappa shape index (κ3) is 4.73. The standard InChI is InChI=1S/C20H16N6O3S/c27-17-10-9-15(25-26(17)12-13-29-14-6-2-1-3-7-14)18(28)22-20-24-23-19(30-20)16-8-4-5-11-21-16/h1-11H,12-13H2,(H,22,24,28). The third-order valence-electron chi connectivity index (χ3n) is 3.94. The number of hydrogen-bond donors (Lipinski definition) is 1. The van der Waals surface area contributed by atoms with Crippen LogP contribution in [0.25, 0.3) is 10.7 Å². The normalized spacial score (nSPS) is 10.5. The Labute approximate surface area is 175 Å². The second-order valence-corrected chi connectivity index (χ2v) is 7.00. The number of carbonyl (C=O) groups is 1. The summed E-state index contributed by atoms with van der Waals surface area (Å²) in [5.74, 6) is 0.205. The summed E-state index contributed by atoms with van der Waals surface area (Å²) >= 11 is 1.19. The fourth-order valence-electron chi connectivity index (χ4n) is 2.52. The topological polar surface area (TPSA) is 112 Å². The van der Waals surface area contributed by atoms with Gasteiger partial charge in [0, 0.05) is 12.3 Å². The maximum atomic E-state index is 12.5. The number of nitrogens with one attached hydrogen (secondary N) is 1. The lowest BCUT2D eigenvalue weighted by Crippen LogP contribution is -2.28. The van der Waals surface area contributed by atoms with Crippen LogP contribution in [0.2, 0.25) is 0 Å². The van der Waals surface area contributed by atoms with E-state index < -0.39 is 5.91 Å². The minimum absolute atomic E-state index is 0.0869. The molecule has 0 atom stereocenters. The predicted octanol–water partition coefficient (Wildman–Crippen LogP) is 2.49. The summed E-state index contributed by atoms with van der Waals surface area (Å²) < 4.78 is 6.77. The van der Waals surface area contributed by atoms with Crippen molar-refractivity contribution in [1.29, 1.82) is 0 Å². The lowest BCUT2D eigenvalue weighted by atomic mass is 10.3. The van der Waals surface area contributed by atoms with Crippen LogP contribution in [-0.2, 0) is 6.54 Å². The first kappa shape index (κ1) is 19.4. The molecule has 10 heteroatoms.